The summed E-state index contributed by atoms with van der Waals surface area (Å²) in [6.45, 7) is 7.82. The fourth-order valence-corrected chi connectivity index (χ4v) is 4.71. The number of nitrogens with zero attached hydrogens (tertiary/aromatic N) is 3. The van der Waals surface area contributed by atoms with Crippen molar-refractivity contribution < 1.29 is 24.2 Å². The minimum atomic E-state index is -0.920. The van der Waals surface area contributed by atoms with Crippen LogP contribution in [-0.4, -0.2) is 40.7 Å². The lowest BCUT2D eigenvalue weighted by molar-refractivity contribution is -0.132. The van der Waals surface area contributed by atoms with Gasteiger partial charge in [-0.25, -0.2) is 0 Å². The van der Waals surface area contributed by atoms with Crippen LogP contribution in [0.1, 0.15) is 40.2 Å². The van der Waals surface area contributed by atoms with E-state index in [1.807, 2.05) is 32.9 Å². The van der Waals surface area contributed by atoms with Gasteiger partial charge in [-0.15, -0.1) is 10.2 Å². The maximum atomic E-state index is 13.3. The molecule has 4 rings (SSSR count). The molecule has 1 aliphatic rings. The number of ether oxygens (including phenoxy) is 2. The molecule has 34 heavy (non-hydrogen) atoms. The lowest BCUT2D eigenvalue weighted by Crippen LogP contribution is -2.29. The predicted molar refractivity (Wildman–Crippen MR) is 130 cm³/mol. The number of aliphatic hydroxyl groups is 1. The highest BCUT2D eigenvalue weighted by Gasteiger charge is 2.48. The summed E-state index contributed by atoms with van der Waals surface area (Å²) in [6.07, 6.45) is 0. The van der Waals surface area contributed by atoms with E-state index in [1.165, 1.54) is 23.3 Å². The molecule has 1 aromatic heterocycles. The Bertz CT molecular complexity index is 1310. The zero-order valence-corrected chi connectivity index (χ0v) is 20.4. The highest BCUT2D eigenvalue weighted by molar-refractivity contribution is 7.15. The van der Waals surface area contributed by atoms with Gasteiger partial charge in [0.05, 0.1) is 25.3 Å². The maximum absolute atomic E-state index is 13.3. The number of methoxy groups -OCH3 is 1. The first-order valence-corrected chi connectivity index (χ1v) is 11.6. The Kier molecular flexibility index (Phi) is 6.39. The van der Waals surface area contributed by atoms with Gasteiger partial charge in [-0.3, -0.25) is 14.5 Å². The van der Waals surface area contributed by atoms with Gasteiger partial charge in [-0.1, -0.05) is 35.1 Å². The Morgan fingerprint density at radius 1 is 1.09 bits per heavy atom. The highest BCUT2D eigenvalue weighted by atomic mass is 32.1. The van der Waals surface area contributed by atoms with Crippen molar-refractivity contribution in [3.8, 4) is 11.5 Å². The van der Waals surface area contributed by atoms with Gasteiger partial charge in [0, 0.05) is 5.56 Å². The molecule has 0 saturated carbocycles. The van der Waals surface area contributed by atoms with Gasteiger partial charge in [0.15, 0.2) is 11.5 Å². The Morgan fingerprint density at radius 3 is 2.50 bits per heavy atom. The van der Waals surface area contributed by atoms with Crippen LogP contribution in [0.15, 0.2) is 42.0 Å². The standard InChI is InChI=1S/C25H25N3O5S/c1-6-33-18-10-9-16(12-19(18)32-5)21-20(22(29)17-11-13(2)7-8-14(17)3)23(30)24(31)28(21)25-27-26-15(4)34-25/h7-12,21,29H,6H2,1-5H3. The quantitative estimate of drug-likeness (QED) is 0.316. The van der Waals surface area contributed by atoms with Crippen molar-refractivity contribution in [2.75, 3.05) is 18.6 Å². The minimum absolute atomic E-state index is 0.0160. The number of aryl methyl sites for hydroxylation is 3. The van der Waals surface area contributed by atoms with Gasteiger partial charge < -0.3 is 14.6 Å². The molecule has 3 aromatic rings. The van der Waals surface area contributed by atoms with E-state index in [0.29, 0.717) is 34.2 Å². The van der Waals surface area contributed by atoms with E-state index < -0.39 is 17.7 Å². The Morgan fingerprint density at radius 2 is 1.85 bits per heavy atom. The van der Waals surface area contributed by atoms with Crippen molar-refractivity contribution in [2.45, 2.75) is 33.7 Å². The van der Waals surface area contributed by atoms with Gasteiger partial charge >= 0.3 is 5.91 Å². The molecule has 1 fully saturated rings. The summed E-state index contributed by atoms with van der Waals surface area (Å²) in [5, 5.41) is 20.4. The first-order chi connectivity index (χ1) is 16.3. The summed E-state index contributed by atoms with van der Waals surface area (Å²) in [4.78, 5) is 27.8. The molecular weight excluding hydrogens is 454 g/mol. The summed E-state index contributed by atoms with van der Waals surface area (Å²) in [7, 11) is 1.52. The Hall–Kier alpha value is -3.72. The second kappa shape index (κ2) is 9.26. The van der Waals surface area contributed by atoms with Crippen molar-refractivity contribution in [3.63, 3.8) is 0 Å². The van der Waals surface area contributed by atoms with Gasteiger partial charge in [0.25, 0.3) is 5.78 Å². The molecule has 2 heterocycles. The van der Waals surface area contributed by atoms with Crippen molar-refractivity contribution in [1.82, 2.24) is 10.2 Å². The lowest BCUT2D eigenvalue weighted by Gasteiger charge is -2.23. The monoisotopic (exact) mass is 479 g/mol. The number of anilines is 1. The van der Waals surface area contributed by atoms with E-state index in [0.717, 1.165) is 11.1 Å². The number of carbonyl (C=O) groups is 2. The molecule has 0 bridgehead atoms. The van der Waals surface area contributed by atoms with E-state index in [2.05, 4.69) is 10.2 Å². The van der Waals surface area contributed by atoms with Crippen molar-refractivity contribution in [3.05, 3.63) is 69.2 Å². The third-order valence-corrected chi connectivity index (χ3v) is 6.46. The molecule has 8 nitrogen and oxygen atoms in total. The molecule has 1 N–H and O–H groups in total. The second-order valence-electron chi connectivity index (χ2n) is 7.93. The molecule has 1 atom stereocenters. The van der Waals surface area contributed by atoms with E-state index in [1.54, 1.807) is 31.2 Å². The maximum Gasteiger partial charge on any atom is 0.301 e. The van der Waals surface area contributed by atoms with Crippen LogP contribution in [0.4, 0.5) is 5.13 Å². The van der Waals surface area contributed by atoms with Crippen molar-refractivity contribution in [2.24, 2.45) is 0 Å². The Balaban J connectivity index is 1.97. The van der Waals surface area contributed by atoms with Crippen LogP contribution in [-0.2, 0) is 9.59 Å². The second-order valence-corrected chi connectivity index (χ2v) is 9.09. The molecule has 1 saturated heterocycles. The normalized spacial score (nSPS) is 17.3. The molecule has 1 aliphatic heterocycles. The zero-order valence-electron chi connectivity index (χ0n) is 19.6. The number of benzene rings is 2. The predicted octanol–water partition coefficient (Wildman–Crippen LogP) is 4.50. The Labute approximate surface area is 201 Å². The van der Waals surface area contributed by atoms with E-state index >= 15 is 0 Å². The highest BCUT2D eigenvalue weighted by Crippen LogP contribution is 2.45. The number of aromatic nitrogens is 2. The number of aliphatic hydroxyl groups excluding tert-OH is 1. The fourth-order valence-electron chi connectivity index (χ4n) is 3.99. The van der Waals surface area contributed by atoms with E-state index in [-0.39, 0.29) is 16.5 Å². The lowest BCUT2D eigenvalue weighted by atomic mass is 9.93. The first-order valence-electron chi connectivity index (χ1n) is 10.8. The van der Waals surface area contributed by atoms with Gasteiger partial charge in [0.1, 0.15) is 10.8 Å². The number of hydrogen-bond acceptors (Lipinski definition) is 8. The average Bonchev–Trinajstić information content (AvgIpc) is 3.36. The molecule has 9 heteroatoms. The van der Waals surface area contributed by atoms with E-state index in [9.17, 15) is 14.7 Å². The molecule has 0 spiro atoms. The van der Waals surface area contributed by atoms with Crippen LogP contribution in [0.2, 0.25) is 0 Å². The number of rotatable bonds is 6. The average molecular weight is 480 g/mol. The number of ketones is 1. The molecular formula is C25H25N3O5S. The molecule has 1 amide bonds. The summed E-state index contributed by atoms with van der Waals surface area (Å²) in [5.74, 6) is -0.816. The van der Waals surface area contributed by atoms with Gasteiger partial charge in [0.2, 0.25) is 5.13 Å². The first kappa shape index (κ1) is 23.4. The summed E-state index contributed by atoms with van der Waals surface area (Å²) >= 11 is 1.20. The van der Waals surface area contributed by atoms with Gasteiger partial charge in [-0.05, 0) is 57.0 Å². The fraction of sp³-hybridized carbons (Fsp3) is 0.280. The minimum Gasteiger partial charge on any atom is -0.507 e. The topological polar surface area (TPSA) is 102 Å². The molecule has 2 aromatic carbocycles. The largest absolute Gasteiger partial charge is 0.507 e. The van der Waals surface area contributed by atoms with Crippen molar-refractivity contribution in [1.29, 1.82) is 0 Å². The summed E-state index contributed by atoms with van der Waals surface area (Å²) in [6, 6.07) is 9.84. The van der Waals surface area contributed by atoms with Crippen LogP contribution in [0.3, 0.4) is 0 Å². The van der Waals surface area contributed by atoms with Crippen LogP contribution in [0.25, 0.3) is 5.76 Å². The molecule has 0 radical (unpaired) electrons. The number of Topliss-reactive ketones (excluding diaryl/α,β-unsaturated/α-hetero) is 1. The third-order valence-electron chi connectivity index (χ3n) is 5.62. The van der Waals surface area contributed by atoms with Crippen molar-refractivity contribution >= 4 is 33.9 Å². The zero-order chi connectivity index (χ0) is 24.6. The van der Waals surface area contributed by atoms with Crippen LogP contribution in [0.5, 0.6) is 11.5 Å². The summed E-state index contributed by atoms with van der Waals surface area (Å²) in [5.41, 5.74) is 2.75. The smallest absolute Gasteiger partial charge is 0.301 e. The molecule has 1 unspecified atom stereocenters. The van der Waals surface area contributed by atoms with Crippen LogP contribution < -0.4 is 14.4 Å². The van der Waals surface area contributed by atoms with Crippen LogP contribution >= 0.6 is 11.3 Å². The number of amides is 1. The van der Waals surface area contributed by atoms with Gasteiger partial charge in [-0.2, -0.15) is 0 Å². The SMILES string of the molecule is CCOc1ccc(C2C(=C(O)c3cc(C)ccc3C)C(=O)C(=O)N2c2nnc(C)s2)cc1OC. The summed E-state index contributed by atoms with van der Waals surface area (Å²) < 4.78 is 11.1. The number of hydrogen-bond donors (Lipinski definition) is 1. The molecule has 176 valence electrons. The third kappa shape index (κ3) is 4.03. The number of carbonyl (C=O) groups excluding carboxylic acids is 2. The molecule has 0 aliphatic carbocycles. The van der Waals surface area contributed by atoms with E-state index in [4.69, 9.17) is 9.47 Å². The van der Waals surface area contributed by atoms with Crippen LogP contribution in [0, 0.1) is 20.8 Å².